The van der Waals surface area contributed by atoms with Gasteiger partial charge >= 0.3 is 0 Å². The summed E-state index contributed by atoms with van der Waals surface area (Å²) in [7, 11) is 1.97. The van der Waals surface area contributed by atoms with Gasteiger partial charge in [0, 0.05) is 23.6 Å². The van der Waals surface area contributed by atoms with Crippen molar-refractivity contribution in [3.8, 4) is 17.2 Å². The summed E-state index contributed by atoms with van der Waals surface area (Å²) in [6, 6.07) is 5.25. The van der Waals surface area contributed by atoms with Gasteiger partial charge in [-0.05, 0) is 25.1 Å². The molecule has 0 atom stereocenters. The summed E-state index contributed by atoms with van der Waals surface area (Å²) >= 11 is 0. The number of aryl methyl sites for hydroxylation is 1. The zero-order valence-electron chi connectivity index (χ0n) is 9.51. The number of rotatable bonds is 1. The molecule has 0 amide bonds. The second-order valence-corrected chi connectivity index (χ2v) is 3.96. The van der Waals surface area contributed by atoms with E-state index in [9.17, 15) is 5.11 Å². The van der Waals surface area contributed by atoms with E-state index in [0.717, 1.165) is 22.2 Å². The second kappa shape index (κ2) is 3.35. The molecule has 5 nitrogen and oxygen atoms in total. The molecule has 0 saturated heterocycles. The van der Waals surface area contributed by atoms with E-state index in [0.29, 0.717) is 5.89 Å². The molecule has 0 bridgehead atoms. The van der Waals surface area contributed by atoms with E-state index in [1.807, 2.05) is 24.6 Å². The number of aromatic nitrogens is 3. The largest absolute Gasteiger partial charge is 0.508 e. The molecule has 0 saturated carbocycles. The molecule has 3 rings (SSSR count). The molecule has 0 aliphatic rings. The van der Waals surface area contributed by atoms with E-state index in [1.54, 1.807) is 12.1 Å². The van der Waals surface area contributed by atoms with Gasteiger partial charge in [0.15, 0.2) is 0 Å². The molecule has 1 aromatic carbocycles. The zero-order valence-corrected chi connectivity index (χ0v) is 9.51. The van der Waals surface area contributed by atoms with Crippen molar-refractivity contribution in [1.82, 2.24) is 14.8 Å². The minimum Gasteiger partial charge on any atom is -0.508 e. The molecule has 1 N–H and O–H groups in total. The lowest BCUT2D eigenvalue weighted by Gasteiger charge is -1.97. The molecule has 5 heteroatoms. The lowest BCUT2D eigenvalue weighted by molar-refractivity contribution is 0.476. The van der Waals surface area contributed by atoms with Crippen molar-refractivity contribution in [3.05, 3.63) is 30.3 Å². The molecular formula is C12H11N3O2. The first kappa shape index (κ1) is 9.89. The molecule has 0 unspecified atom stereocenters. The Kier molecular flexibility index (Phi) is 1.95. The summed E-state index contributed by atoms with van der Waals surface area (Å²) in [6.07, 6.45) is 1.30. The van der Waals surface area contributed by atoms with Crippen LogP contribution in [0.1, 0.15) is 5.69 Å². The first-order valence-corrected chi connectivity index (χ1v) is 5.23. The van der Waals surface area contributed by atoms with Crippen LogP contribution in [0.15, 0.2) is 29.0 Å². The SMILES string of the molecule is Cc1c(-c2nnco2)c2cc(O)ccc2n1C. The summed E-state index contributed by atoms with van der Waals surface area (Å²) in [6.45, 7) is 1.98. The zero-order chi connectivity index (χ0) is 12.0. The summed E-state index contributed by atoms with van der Waals surface area (Å²) in [5, 5.41) is 18.1. The number of nitrogens with zero attached hydrogens (tertiary/aromatic N) is 3. The molecule has 0 spiro atoms. The fourth-order valence-electron chi connectivity index (χ4n) is 2.11. The Morgan fingerprint density at radius 1 is 1.35 bits per heavy atom. The van der Waals surface area contributed by atoms with Crippen molar-refractivity contribution in [1.29, 1.82) is 0 Å². The highest BCUT2D eigenvalue weighted by molar-refractivity contribution is 5.96. The van der Waals surface area contributed by atoms with Gasteiger partial charge in [-0.1, -0.05) is 0 Å². The summed E-state index contributed by atoms with van der Waals surface area (Å²) in [5.41, 5.74) is 2.92. The topological polar surface area (TPSA) is 64.1 Å². The van der Waals surface area contributed by atoms with Gasteiger partial charge < -0.3 is 14.1 Å². The number of aromatic hydroxyl groups is 1. The molecule has 2 heterocycles. The van der Waals surface area contributed by atoms with Crippen LogP contribution in [-0.4, -0.2) is 19.9 Å². The lowest BCUT2D eigenvalue weighted by Crippen LogP contribution is -1.90. The van der Waals surface area contributed by atoms with Crippen LogP contribution in [-0.2, 0) is 7.05 Å². The number of phenols is 1. The van der Waals surface area contributed by atoms with Gasteiger partial charge in [0.2, 0.25) is 12.3 Å². The highest BCUT2D eigenvalue weighted by atomic mass is 16.4. The fraction of sp³-hybridized carbons (Fsp3) is 0.167. The maximum atomic E-state index is 9.58. The van der Waals surface area contributed by atoms with Gasteiger partial charge in [-0.2, -0.15) is 0 Å². The summed E-state index contributed by atoms with van der Waals surface area (Å²) < 4.78 is 7.28. The Hall–Kier alpha value is -2.30. The van der Waals surface area contributed by atoms with Crippen LogP contribution >= 0.6 is 0 Å². The van der Waals surface area contributed by atoms with Crippen molar-refractivity contribution < 1.29 is 9.52 Å². The number of hydrogen-bond acceptors (Lipinski definition) is 4. The van der Waals surface area contributed by atoms with Crippen LogP contribution in [0.4, 0.5) is 0 Å². The monoisotopic (exact) mass is 229 g/mol. The predicted octanol–water partition coefficient (Wildman–Crippen LogP) is 2.24. The van der Waals surface area contributed by atoms with Gasteiger partial charge in [-0.15, -0.1) is 10.2 Å². The molecule has 0 radical (unpaired) electrons. The van der Waals surface area contributed by atoms with Gasteiger partial charge in [0.25, 0.3) is 0 Å². The summed E-state index contributed by atoms with van der Waals surface area (Å²) in [4.78, 5) is 0. The highest BCUT2D eigenvalue weighted by Gasteiger charge is 2.17. The van der Waals surface area contributed by atoms with Crippen LogP contribution in [0.2, 0.25) is 0 Å². The fourth-order valence-corrected chi connectivity index (χ4v) is 2.11. The third kappa shape index (κ3) is 1.32. The normalized spacial score (nSPS) is 11.2. The Bertz CT molecular complexity index is 683. The Labute approximate surface area is 97.3 Å². The van der Waals surface area contributed by atoms with Crippen molar-refractivity contribution in [3.63, 3.8) is 0 Å². The third-order valence-electron chi connectivity index (χ3n) is 3.05. The molecule has 0 aliphatic carbocycles. The van der Waals surface area contributed by atoms with E-state index in [4.69, 9.17) is 4.42 Å². The van der Waals surface area contributed by atoms with Gasteiger partial charge in [0.1, 0.15) is 5.75 Å². The van der Waals surface area contributed by atoms with E-state index >= 15 is 0 Å². The third-order valence-corrected chi connectivity index (χ3v) is 3.05. The van der Waals surface area contributed by atoms with Crippen molar-refractivity contribution in [2.75, 3.05) is 0 Å². The average molecular weight is 229 g/mol. The molecular weight excluding hydrogens is 218 g/mol. The molecule has 17 heavy (non-hydrogen) atoms. The summed E-state index contributed by atoms with van der Waals surface area (Å²) in [5.74, 6) is 0.697. The van der Waals surface area contributed by atoms with E-state index in [2.05, 4.69) is 10.2 Å². The predicted molar refractivity (Wildman–Crippen MR) is 62.6 cm³/mol. The number of hydrogen-bond donors (Lipinski definition) is 1. The van der Waals surface area contributed by atoms with Gasteiger partial charge in [-0.25, -0.2) is 0 Å². The first-order chi connectivity index (χ1) is 8.18. The molecule has 2 aromatic heterocycles. The highest BCUT2D eigenvalue weighted by Crippen LogP contribution is 2.34. The van der Waals surface area contributed by atoms with Gasteiger partial charge in [0.05, 0.1) is 5.56 Å². The van der Waals surface area contributed by atoms with E-state index in [1.165, 1.54) is 6.39 Å². The standard InChI is InChI=1S/C12H11N3O2/c1-7-11(12-14-13-6-17-12)9-5-8(16)3-4-10(9)15(7)2/h3-6,16H,1-2H3. The Balaban J connectivity index is 2.44. The first-order valence-electron chi connectivity index (χ1n) is 5.23. The number of phenolic OH excluding ortho intramolecular Hbond substituents is 1. The minimum absolute atomic E-state index is 0.226. The quantitative estimate of drug-likeness (QED) is 0.695. The Morgan fingerprint density at radius 2 is 2.18 bits per heavy atom. The average Bonchev–Trinajstić information content (AvgIpc) is 2.88. The van der Waals surface area contributed by atoms with Gasteiger partial charge in [-0.3, -0.25) is 0 Å². The number of benzene rings is 1. The van der Waals surface area contributed by atoms with Crippen LogP contribution in [0.25, 0.3) is 22.4 Å². The van der Waals surface area contributed by atoms with Crippen molar-refractivity contribution >= 4 is 10.9 Å². The smallest absolute Gasteiger partial charge is 0.249 e. The maximum absolute atomic E-state index is 9.58. The lowest BCUT2D eigenvalue weighted by atomic mass is 10.1. The Morgan fingerprint density at radius 3 is 2.88 bits per heavy atom. The number of fused-ring (bicyclic) bond motifs is 1. The minimum atomic E-state index is 0.226. The van der Waals surface area contributed by atoms with Crippen LogP contribution in [0.3, 0.4) is 0 Å². The maximum Gasteiger partial charge on any atom is 0.249 e. The molecule has 0 aliphatic heterocycles. The van der Waals surface area contributed by atoms with Crippen molar-refractivity contribution in [2.24, 2.45) is 7.05 Å². The molecule has 86 valence electrons. The van der Waals surface area contributed by atoms with E-state index < -0.39 is 0 Å². The van der Waals surface area contributed by atoms with Crippen LogP contribution in [0, 0.1) is 6.92 Å². The van der Waals surface area contributed by atoms with Crippen LogP contribution < -0.4 is 0 Å². The molecule has 3 aromatic rings. The van der Waals surface area contributed by atoms with Crippen LogP contribution in [0.5, 0.6) is 5.75 Å². The van der Waals surface area contributed by atoms with Crippen molar-refractivity contribution in [2.45, 2.75) is 6.92 Å². The second-order valence-electron chi connectivity index (χ2n) is 3.96. The molecule has 0 fully saturated rings. The van der Waals surface area contributed by atoms with E-state index in [-0.39, 0.29) is 5.75 Å².